The lowest BCUT2D eigenvalue weighted by atomic mass is 10.1. The predicted octanol–water partition coefficient (Wildman–Crippen LogP) is 1.66. The molecule has 30 heavy (non-hydrogen) atoms. The molecule has 0 radical (unpaired) electrons. The van der Waals surface area contributed by atoms with Crippen LogP contribution in [0.5, 0.6) is 0 Å². The maximum atomic E-state index is 12.4. The van der Waals surface area contributed by atoms with Gasteiger partial charge in [0.2, 0.25) is 11.8 Å². The molecule has 1 saturated heterocycles. The minimum absolute atomic E-state index is 0.0952. The molecule has 1 aliphatic heterocycles. The molecule has 2 N–H and O–H groups in total. The van der Waals surface area contributed by atoms with Crippen LogP contribution >= 0.6 is 0 Å². The zero-order valence-electron chi connectivity index (χ0n) is 17.6. The molecule has 3 rings (SSSR count). The molecule has 0 aliphatic carbocycles. The van der Waals surface area contributed by atoms with Gasteiger partial charge in [-0.05, 0) is 25.5 Å². The molecule has 1 atom stereocenters. The minimum Gasteiger partial charge on any atom is -0.356 e. The Morgan fingerprint density at radius 3 is 2.70 bits per heavy atom. The van der Waals surface area contributed by atoms with E-state index in [-0.39, 0.29) is 18.2 Å². The van der Waals surface area contributed by atoms with Crippen molar-refractivity contribution in [1.29, 1.82) is 0 Å². The normalized spacial score (nSPS) is 17.1. The number of carbonyl (C=O) groups is 2. The van der Waals surface area contributed by atoms with Crippen molar-refractivity contribution < 1.29 is 9.59 Å². The SMILES string of the molecule is Cc1cc(C)nc(CCNC(=O)C[C@@H]2C(=O)NCCN2C/C=C/c2ccccc2)n1. The number of hydrogen-bond acceptors (Lipinski definition) is 5. The summed E-state index contributed by atoms with van der Waals surface area (Å²) >= 11 is 0. The highest BCUT2D eigenvalue weighted by molar-refractivity contribution is 5.88. The first-order valence-corrected chi connectivity index (χ1v) is 10.3. The summed E-state index contributed by atoms with van der Waals surface area (Å²) in [6.07, 6.45) is 4.77. The van der Waals surface area contributed by atoms with Gasteiger partial charge < -0.3 is 10.6 Å². The largest absolute Gasteiger partial charge is 0.356 e. The van der Waals surface area contributed by atoms with Gasteiger partial charge in [0, 0.05) is 44.0 Å². The van der Waals surface area contributed by atoms with Crippen molar-refractivity contribution in [2.75, 3.05) is 26.2 Å². The van der Waals surface area contributed by atoms with Crippen LogP contribution in [0.3, 0.4) is 0 Å². The molecule has 1 fully saturated rings. The van der Waals surface area contributed by atoms with Crippen LogP contribution in [0.2, 0.25) is 0 Å². The third-order valence-electron chi connectivity index (χ3n) is 4.97. The Kier molecular flexibility index (Phi) is 7.68. The van der Waals surface area contributed by atoms with E-state index in [9.17, 15) is 9.59 Å². The number of aryl methyl sites for hydroxylation is 2. The van der Waals surface area contributed by atoms with Gasteiger partial charge in [0.05, 0.1) is 12.5 Å². The highest BCUT2D eigenvalue weighted by atomic mass is 16.2. The second kappa shape index (κ2) is 10.6. The van der Waals surface area contributed by atoms with Gasteiger partial charge in [0.1, 0.15) is 5.82 Å². The Hall–Kier alpha value is -3.06. The molecule has 0 saturated carbocycles. The predicted molar refractivity (Wildman–Crippen MR) is 117 cm³/mol. The maximum absolute atomic E-state index is 12.4. The summed E-state index contributed by atoms with van der Waals surface area (Å²) < 4.78 is 0. The number of nitrogens with one attached hydrogen (secondary N) is 2. The van der Waals surface area contributed by atoms with Crippen molar-refractivity contribution in [3.05, 3.63) is 65.2 Å². The number of piperazine rings is 1. The number of benzene rings is 1. The monoisotopic (exact) mass is 407 g/mol. The molecule has 1 aromatic heterocycles. The molecule has 7 heteroatoms. The molecule has 0 unspecified atom stereocenters. The van der Waals surface area contributed by atoms with Gasteiger partial charge in [-0.25, -0.2) is 9.97 Å². The summed E-state index contributed by atoms with van der Waals surface area (Å²) in [5, 5.41) is 5.76. The Morgan fingerprint density at radius 2 is 1.97 bits per heavy atom. The highest BCUT2D eigenvalue weighted by Crippen LogP contribution is 2.10. The number of aromatic nitrogens is 2. The van der Waals surface area contributed by atoms with Crippen molar-refractivity contribution in [2.24, 2.45) is 0 Å². The fourth-order valence-electron chi connectivity index (χ4n) is 3.56. The smallest absolute Gasteiger partial charge is 0.237 e. The standard InChI is InChI=1S/C23H29N5O2/c1-17-15-18(2)27-21(26-17)10-11-24-22(29)16-20-23(30)25-12-14-28(20)13-6-9-19-7-4-3-5-8-19/h3-9,15,20H,10-14,16H2,1-2H3,(H,24,29)(H,25,30)/b9-6+/t20-/m1/s1. The zero-order valence-corrected chi connectivity index (χ0v) is 17.6. The fourth-order valence-corrected chi connectivity index (χ4v) is 3.56. The summed E-state index contributed by atoms with van der Waals surface area (Å²) in [7, 11) is 0. The van der Waals surface area contributed by atoms with Crippen LogP contribution in [0.25, 0.3) is 6.08 Å². The van der Waals surface area contributed by atoms with E-state index in [2.05, 4.69) is 20.6 Å². The van der Waals surface area contributed by atoms with Gasteiger partial charge in [-0.15, -0.1) is 0 Å². The number of rotatable bonds is 8. The summed E-state index contributed by atoms with van der Waals surface area (Å²) in [6, 6.07) is 11.5. The van der Waals surface area contributed by atoms with E-state index in [1.54, 1.807) is 0 Å². The molecule has 7 nitrogen and oxygen atoms in total. The summed E-state index contributed by atoms with van der Waals surface area (Å²) in [5.41, 5.74) is 2.95. The molecule has 2 amide bonds. The molecular weight excluding hydrogens is 378 g/mol. The lowest BCUT2D eigenvalue weighted by Crippen LogP contribution is -2.56. The van der Waals surface area contributed by atoms with Gasteiger partial charge in [0.25, 0.3) is 0 Å². The molecule has 2 heterocycles. The Bertz CT molecular complexity index is 877. The van der Waals surface area contributed by atoms with E-state index in [1.165, 1.54) is 0 Å². The third kappa shape index (κ3) is 6.49. The molecule has 158 valence electrons. The molecule has 1 aliphatic rings. The Morgan fingerprint density at radius 1 is 1.23 bits per heavy atom. The van der Waals surface area contributed by atoms with Gasteiger partial charge in [-0.3, -0.25) is 14.5 Å². The van der Waals surface area contributed by atoms with Crippen molar-refractivity contribution in [3.63, 3.8) is 0 Å². The average molecular weight is 408 g/mol. The van der Waals surface area contributed by atoms with Crippen molar-refractivity contribution >= 4 is 17.9 Å². The minimum atomic E-state index is -0.461. The first-order chi connectivity index (χ1) is 14.5. The quantitative estimate of drug-likeness (QED) is 0.695. The van der Waals surface area contributed by atoms with Crippen LogP contribution in [-0.4, -0.2) is 58.9 Å². The van der Waals surface area contributed by atoms with Crippen molar-refractivity contribution in [2.45, 2.75) is 32.7 Å². The molecule has 1 aromatic carbocycles. The Labute approximate surface area is 177 Å². The van der Waals surface area contributed by atoms with Crippen LogP contribution in [0.1, 0.15) is 29.2 Å². The van der Waals surface area contributed by atoms with E-state index in [0.717, 1.165) is 29.3 Å². The first kappa shape index (κ1) is 21.6. The van der Waals surface area contributed by atoms with E-state index < -0.39 is 6.04 Å². The van der Waals surface area contributed by atoms with Gasteiger partial charge in [-0.1, -0.05) is 42.5 Å². The maximum Gasteiger partial charge on any atom is 0.237 e. The van der Waals surface area contributed by atoms with Crippen LogP contribution in [-0.2, 0) is 16.0 Å². The lowest BCUT2D eigenvalue weighted by Gasteiger charge is -2.33. The van der Waals surface area contributed by atoms with Gasteiger partial charge in [0.15, 0.2) is 0 Å². The van der Waals surface area contributed by atoms with Crippen LogP contribution in [0.15, 0.2) is 42.5 Å². The second-order valence-corrected chi connectivity index (χ2v) is 7.49. The molecular formula is C23H29N5O2. The van der Waals surface area contributed by atoms with E-state index in [1.807, 2.05) is 67.3 Å². The van der Waals surface area contributed by atoms with Gasteiger partial charge in [-0.2, -0.15) is 0 Å². The zero-order chi connectivity index (χ0) is 21.3. The summed E-state index contributed by atoms with van der Waals surface area (Å²) in [6.45, 7) is 6.25. The van der Waals surface area contributed by atoms with Crippen molar-refractivity contribution in [3.8, 4) is 0 Å². The van der Waals surface area contributed by atoms with E-state index in [4.69, 9.17) is 0 Å². The van der Waals surface area contributed by atoms with Crippen LogP contribution < -0.4 is 10.6 Å². The number of hydrogen-bond donors (Lipinski definition) is 2. The fraction of sp³-hybridized carbons (Fsp3) is 0.391. The van der Waals surface area contributed by atoms with Crippen molar-refractivity contribution in [1.82, 2.24) is 25.5 Å². The third-order valence-corrected chi connectivity index (χ3v) is 4.97. The second-order valence-electron chi connectivity index (χ2n) is 7.49. The Balaban J connectivity index is 1.50. The topological polar surface area (TPSA) is 87.2 Å². The van der Waals surface area contributed by atoms with Crippen LogP contribution in [0.4, 0.5) is 0 Å². The number of carbonyl (C=O) groups excluding carboxylic acids is 2. The number of nitrogens with zero attached hydrogens (tertiary/aromatic N) is 3. The summed E-state index contributed by atoms with van der Waals surface area (Å²) in [5.74, 6) is 0.483. The first-order valence-electron chi connectivity index (χ1n) is 10.3. The molecule has 2 aromatic rings. The molecule has 0 bridgehead atoms. The number of amides is 2. The highest BCUT2D eigenvalue weighted by Gasteiger charge is 2.30. The van der Waals surface area contributed by atoms with E-state index >= 15 is 0 Å². The lowest BCUT2D eigenvalue weighted by molar-refractivity contribution is -0.133. The van der Waals surface area contributed by atoms with E-state index in [0.29, 0.717) is 26.1 Å². The average Bonchev–Trinajstić information content (AvgIpc) is 2.70. The molecule has 0 spiro atoms. The van der Waals surface area contributed by atoms with Gasteiger partial charge >= 0.3 is 0 Å². The summed E-state index contributed by atoms with van der Waals surface area (Å²) in [4.78, 5) is 35.6. The van der Waals surface area contributed by atoms with Crippen LogP contribution in [0, 0.1) is 13.8 Å².